The minimum absolute atomic E-state index is 0.0935. The van der Waals surface area contributed by atoms with Gasteiger partial charge in [-0.15, -0.1) is 5.10 Å². The summed E-state index contributed by atoms with van der Waals surface area (Å²) in [4.78, 5) is 7.64. The van der Waals surface area contributed by atoms with Crippen molar-refractivity contribution in [2.45, 2.75) is 26.1 Å². The second-order valence-corrected chi connectivity index (χ2v) is 6.17. The fraction of sp³-hybridized carbons (Fsp3) is 0.235. The van der Waals surface area contributed by atoms with Gasteiger partial charge in [0.05, 0.1) is 11.1 Å². The van der Waals surface area contributed by atoms with E-state index >= 15 is 0 Å². The van der Waals surface area contributed by atoms with Gasteiger partial charge in [0.2, 0.25) is 5.82 Å². The summed E-state index contributed by atoms with van der Waals surface area (Å²) in [6, 6.07) is 6.59. The van der Waals surface area contributed by atoms with Crippen molar-refractivity contribution >= 4 is 11.0 Å². The van der Waals surface area contributed by atoms with Gasteiger partial charge >= 0.3 is 6.18 Å². The van der Waals surface area contributed by atoms with E-state index in [0.29, 0.717) is 11.1 Å². The first-order valence-electron chi connectivity index (χ1n) is 8.05. The summed E-state index contributed by atoms with van der Waals surface area (Å²) in [5.74, 6) is -0.0680. The van der Waals surface area contributed by atoms with Crippen molar-refractivity contribution in [3.8, 4) is 22.8 Å². The Morgan fingerprint density at radius 1 is 1.15 bits per heavy atom. The van der Waals surface area contributed by atoms with Gasteiger partial charge in [-0.1, -0.05) is 10.4 Å². The monoisotopic (exact) mass is 374 g/mol. The molecule has 0 radical (unpaired) electrons. The zero-order valence-electron chi connectivity index (χ0n) is 14.3. The number of rotatable bonds is 3. The highest BCUT2D eigenvalue weighted by Gasteiger charge is 2.35. The van der Waals surface area contributed by atoms with Crippen LogP contribution >= 0.6 is 0 Å². The molecule has 3 aromatic heterocycles. The number of pyridine rings is 1. The summed E-state index contributed by atoms with van der Waals surface area (Å²) in [5.41, 5.74) is 0.884. The van der Waals surface area contributed by atoms with Crippen LogP contribution in [-0.2, 0) is 6.18 Å². The van der Waals surface area contributed by atoms with Gasteiger partial charge in [-0.05, 0) is 38.1 Å². The van der Waals surface area contributed by atoms with E-state index in [1.165, 1.54) is 12.3 Å². The van der Waals surface area contributed by atoms with Crippen molar-refractivity contribution in [3.63, 3.8) is 0 Å². The van der Waals surface area contributed by atoms with E-state index in [1.807, 2.05) is 19.9 Å². The first-order chi connectivity index (χ1) is 12.8. The Morgan fingerprint density at radius 3 is 2.70 bits per heavy atom. The minimum Gasteiger partial charge on any atom is -0.334 e. The molecule has 0 aliphatic rings. The predicted octanol–water partition coefficient (Wildman–Crippen LogP) is 4.14. The maximum atomic E-state index is 13.2. The highest BCUT2D eigenvalue weighted by Crippen LogP contribution is 2.36. The number of alkyl halides is 3. The number of hydrogen-bond acceptors (Lipinski definition) is 6. The maximum Gasteiger partial charge on any atom is 0.418 e. The molecule has 27 heavy (non-hydrogen) atoms. The van der Waals surface area contributed by atoms with Gasteiger partial charge < -0.3 is 4.52 Å². The molecule has 7 nitrogen and oxygen atoms in total. The molecule has 0 aliphatic heterocycles. The van der Waals surface area contributed by atoms with Crippen molar-refractivity contribution in [3.05, 3.63) is 42.2 Å². The Morgan fingerprint density at radius 2 is 1.96 bits per heavy atom. The molecule has 10 heteroatoms. The van der Waals surface area contributed by atoms with Crippen LogP contribution in [0.1, 0.15) is 25.5 Å². The molecule has 0 aliphatic carbocycles. The van der Waals surface area contributed by atoms with Crippen LogP contribution < -0.4 is 0 Å². The van der Waals surface area contributed by atoms with E-state index < -0.39 is 11.7 Å². The molecule has 4 rings (SSSR count). The van der Waals surface area contributed by atoms with Crippen LogP contribution in [0, 0.1) is 0 Å². The molecule has 0 fully saturated rings. The lowest BCUT2D eigenvalue weighted by Gasteiger charge is -2.08. The van der Waals surface area contributed by atoms with E-state index in [2.05, 4.69) is 25.4 Å². The third-order valence-corrected chi connectivity index (χ3v) is 4.00. The molecule has 1 aromatic carbocycles. The van der Waals surface area contributed by atoms with Gasteiger partial charge in [0.15, 0.2) is 0 Å². The van der Waals surface area contributed by atoms with E-state index in [9.17, 15) is 13.2 Å². The summed E-state index contributed by atoms with van der Waals surface area (Å²) in [6.07, 6.45) is -2.59. The molecule has 0 atom stereocenters. The van der Waals surface area contributed by atoms with Crippen molar-refractivity contribution in [2.24, 2.45) is 0 Å². The molecular formula is C17H13F3N6O. The summed E-state index contributed by atoms with van der Waals surface area (Å²) in [7, 11) is 0. The highest BCUT2D eigenvalue weighted by atomic mass is 19.4. The second-order valence-electron chi connectivity index (χ2n) is 6.17. The van der Waals surface area contributed by atoms with Gasteiger partial charge in [0.25, 0.3) is 5.89 Å². The maximum absolute atomic E-state index is 13.2. The Labute approximate surface area is 150 Å². The summed E-state index contributed by atoms with van der Waals surface area (Å²) in [5, 5.41) is 11.9. The molecule has 0 saturated heterocycles. The van der Waals surface area contributed by atoms with Crippen LogP contribution in [0.2, 0.25) is 0 Å². The lowest BCUT2D eigenvalue weighted by Crippen LogP contribution is -2.08. The third-order valence-electron chi connectivity index (χ3n) is 4.00. The van der Waals surface area contributed by atoms with Crippen LogP contribution in [0.5, 0.6) is 0 Å². The van der Waals surface area contributed by atoms with Crippen LogP contribution in [0.3, 0.4) is 0 Å². The molecular weight excluding hydrogens is 361 g/mol. The van der Waals surface area contributed by atoms with Crippen LogP contribution in [-0.4, -0.2) is 30.1 Å². The molecule has 0 bridgehead atoms. The second kappa shape index (κ2) is 6.15. The Balaban J connectivity index is 1.75. The number of fused-ring (bicyclic) bond motifs is 1. The van der Waals surface area contributed by atoms with Gasteiger partial charge in [0.1, 0.15) is 5.52 Å². The molecule has 0 amide bonds. The normalized spacial score (nSPS) is 12.2. The van der Waals surface area contributed by atoms with Crippen LogP contribution in [0.4, 0.5) is 13.2 Å². The van der Waals surface area contributed by atoms with E-state index in [1.54, 1.807) is 16.8 Å². The molecule has 0 unspecified atom stereocenters. The van der Waals surface area contributed by atoms with E-state index in [4.69, 9.17) is 4.52 Å². The zero-order chi connectivity index (χ0) is 19.2. The molecule has 0 spiro atoms. The Hall–Kier alpha value is -3.30. The topological polar surface area (TPSA) is 82.5 Å². The van der Waals surface area contributed by atoms with Crippen molar-refractivity contribution < 1.29 is 17.7 Å². The van der Waals surface area contributed by atoms with Gasteiger partial charge in [-0.2, -0.15) is 18.2 Å². The summed E-state index contributed by atoms with van der Waals surface area (Å²) in [6.45, 7) is 3.97. The number of aromatic nitrogens is 6. The fourth-order valence-corrected chi connectivity index (χ4v) is 2.72. The first-order valence-corrected chi connectivity index (χ1v) is 8.05. The third kappa shape index (κ3) is 3.03. The molecule has 4 aromatic rings. The van der Waals surface area contributed by atoms with Crippen molar-refractivity contribution in [1.29, 1.82) is 0 Å². The number of halogens is 3. The summed E-state index contributed by atoms with van der Waals surface area (Å²) < 4.78 is 46.4. The van der Waals surface area contributed by atoms with Crippen molar-refractivity contribution in [2.75, 3.05) is 0 Å². The van der Waals surface area contributed by atoms with E-state index in [0.717, 1.165) is 11.7 Å². The summed E-state index contributed by atoms with van der Waals surface area (Å²) >= 11 is 0. The van der Waals surface area contributed by atoms with E-state index in [-0.39, 0.29) is 23.3 Å². The lowest BCUT2D eigenvalue weighted by molar-refractivity contribution is -0.137. The lowest BCUT2D eigenvalue weighted by atomic mass is 10.1. The Kier molecular flexibility index (Phi) is 3.90. The predicted molar refractivity (Wildman–Crippen MR) is 89.4 cm³/mol. The fourth-order valence-electron chi connectivity index (χ4n) is 2.72. The van der Waals surface area contributed by atoms with Crippen LogP contribution in [0.15, 0.2) is 41.2 Å². The highest BCUT2D eigenvalue weighted by molar-refractivity contribution is 5.80. The number of nitrogens with zero attached hydrogens (tertiary/aromatic N) is 6. The first kappa shape index (κ1) is 17.1. The number of hydrogen-bond donors (Lipinski definition) is 0. The Bertz CT molecular complexity index is 1120. The average molecular weight is 374 g/mol. The molecule has 0 saturated carbocycles. The zero-order valence-corrected chi connectivity index (χ0v) is 14.3. The largest absolute Gasteiger partial charge is 0.418 e. The number of benzene rings is 1. The SMILES string of the molecule is CC(C)n1nnc2cc(-c3nc(-c4ccncc4C(F)(F)F)no3)ccc21. The standard InChI is InChI=1S/C17H13F3N6O/c1-9(2)26-14-4-3-10(7-13(14)23-25-26)16-22-15(24-27-16)11-5-6-21-8-12(11)17(18,19)20/h3-9H,1-2H3. The van der Waals surface area contributed by atoms with Gasteiger partial charge in [-0.3, -0.25) is 4.98 Å². The minimum atomic E-state index is -4.57. The van der Waals surface area contributed by atoms with Crippen molar-refractivity contribution in [1.82, 2.24) is 30.1 Å². The van der Waals surface area contributed by atoms with Gasteiger partial charge in [0, 0.05) is 29.6 Å². The molecule has 3 heterocycles. The quantitative estimate of drug-likeness (QED) is 0.536. The average Bonchev–Trinajstić information content (AvgIpc) is 3.27. The molecule has 0 N–H and O–H groups in total. The van der Waals surface area contributed by atoms with Crippen LogP contribution in [0.25, 0.3) is 33.9 Å². The smallest absolute Gasteiger partial charge is 0.334 e. The van der Waals surface area contributed by atoms with Gasteiger partial charge in [-0.25, -0.2) is 4.68 Å². The molecule has 138 valence electrons.